The van der Waals surface area contributed by atoms with Gasteiger partial charge in [-0.05, 0) is 18.6 Å². The number of nitrogens with two attached hydrogens (primary N) is 1. The standard InChI is InChI=1S/C8H11N3S/c1-5-3-4-11-8(10-2)6(5)7(9)12/h3-4H,1-2H3,(H2,9,12)(H,10,11). The van der Waals surface area contributed by atoms with Crippen molar-refractivity contribution in [3.8, 4) is 0 Å². The summed E-state index contributed by atoms with van der Waals surface area (Å²) in [4.78, 5) is 4.48. The summed E-state index contributed by atoms with van der Waals surface area (Å²) < 4.78 is 0. The Balaban J connectivity index is 3.29. The number of pyridine rings is 1. The fourth-order valence-electron chi connectivity index (χ4n) is 1.06. The van der Waals surface area contributed by atoms with Gasteiger partial charge in [0.25, 0.3) is 0 Å². The molecule has 0 spiro atoms. The van der Waals surface area contributed by atoms with Crippen molar-refractivity contribution in [1.82, 2.24) is 4.98 Å². The molecule has 0 atom stereocenters. The van der Waals surface area contributed by atoms with E-state index >= 15 is 0 Å². The first-order valence-corrected chi connectivity index (χ1v) is 4.00. The van der Waals surface area contributed by atoms with Gasteiger partial charge >= 0.3 is 0 Å². The average Bonchev–Trinajstić information content (AvgIpc) is 2.03. The largest absolute Gasteiger partial charge is 0.389 e. The van der Waals surface area contributed by atoms with Crippen LogP contribution in [0.2, 0.25) is 0 Å². The van der Waals surface area contributed by atoms with Crippen LogP contribution in [0.1, 0.15) is 11.1 Å². The molecule has 1 rings (SSSR count). The summed E-state index contributed by atoms with van der Waals surface area (Å²) in [6, 6.07) is 1.88. The van der Waals surface area contributed by atoms with E-state index in [0.717, 1.165) is 16.9 Å². The van der Waals surface area contributed by atoms with Gasteiger partial charge in [-0.2, -0.15) is 0 Å². The van der Waals surface area contributed by atoms with Crippen molar-refractivity contribution in [2.75, 3.05) is 12.4 Å². The molecule has 0 saturated heterocycles. The lowest BCUT2D eigenvalue weighted by molar-refractivity contribution is 1.24. The van der Waals surface area contributed by atoms with E-state index in [2.05, 4.69) is 10.3 Å². The number of aryl methyl sites for hydroxylation is 1. The molecule has 3 nitrogen and oxygen atoms in total. The van der Waals surface area contributed by atoms with E-state index in [9.17, 15) is 0 Å². The van der Waals surface area contributed by atoms with E-state index in [1.807, 2.05) is 13.0 Å². The Morgan fingerprint density at radius 3 is 2.75 bits per heavy atom. The molecule has 0 aliphatic carbocycles. The molecule has 0 saturated carbocycles. The lowest BCUT2D eigenvalue weighted by atomic mass is 10.1. The quantitative estimate of drug-likeness (QED) is 0.670. The Kier molecular flexibility index (Phi) is 2.60. The Morgan fingerprint density at radius 2 is 2.33 bits per heavy atom. The zero-order chi connectivity index (χ0) is 9.14. The Bertz CT molecular complexity index is 309. The van der Waals surface area contributed by atoms with Crippen LogP contribution >= 0.6 is 12.2 Å². The summed E-state index contributed by atoms with van der Waals surface area (Å²) in [6.07, 6.45) is 1.73. The number of hydrogen-bond donors (Lipinski definition) is 2. The highest BCUT2D eigenvalue weighted by molar-refractivity contribution is 7.80. The number of hydrogen-bond acceptors (Lipinski definition) is 3. The fraction of sp³-hybridized carbons (Fsp3) is 0.250. The topological polar surface area (TPSA) is 50.9 Å². The molecule has 0 amide bonds. The molecule has 0 fully saturated rings. The first-order valence-electron chi connectivity index (χ1n) is 3.60. The van der Waals surface area contributed by atoms with Crippen molar-refractivity contribution in [2.24, 2.45) is 5.73 Å². The van der Waals surface area contributed by atoms with Crippen LogP contribution in [0, 0.1) is 6.92 Å². The monoisotopic (exact) mass is 181 g/mol. The summed E-state index contributed by atoms with van der Waals surface area (Å²) in [5.74, 6) is 0.738. The van der Waals surface area contributed by atoms with E-state index in [1.165, 1.54) is 0 Å². The van der Waals surface area contributed by atoms with Gasteiger partial charge in [0.1, 0.15) is 10.8 Å². The minimum atomic E-state index is 0.380. The molecular formula is C8H11N3S. The minimum Gasteiger partial charge on any atom is -0.389 e. The van der Waals surface area contributed by atoms with Gasteiger partial charge in [0.05, 0.1) is 5.56 Å². The molecule has 64 valence electrons. The highest BCUT2D eigenvalue weighted by Gasteiger charge is 2.07. The van der Waals surface area contributed by atoms with Crippen LogP contribution in [-0.4, -0.2) is 17.0 Å². The predicted octanol–water partition coefficient (Wildman–Crippen LogP) is 1.07. The molecule has 0 aliphatic heterocycles. The molecular weight excluding hydrogens is 170 g/mol. The maximum Gasteiger partial charge on any atom is 0.136 e. The molecule has 12 heavy (non-hydrogen) atoms. The van der Waals surface area contributed by atoms with Crippen molar-refractivity contribution in [2.45, 2.75) is 6.92 Å². The molecule has 4 heteroatoms. The van der Waals surface area contributed by atoms with Gasteiger partial charge in [-0.25, -0.2) is 4.98 Å². The van der Waals surface area contributed by atoms with E-state index in [0.29, 0.717) is 4.99 Å². The van der Waals surface area contributed by atoms with Gasteiger partial charge in [0, 0.05) is 13.2 Å². The van der Waals surface area contributed by atoms with Crippen LogP contribution < -0.4 is 11.1 Å². The van der Waals surface area contributed by atoms with E-state index in [4.69, 9.17) is 18.0 Å². The molecule has 0 aliphatic rings. The van der Waals surface area contributed by atoms with E-state index in [1.54, 1.807) is 13.2 Å². The van der Waals surface area contributed by atoms with Crippen LogP contribution in [-0.2, 0) is 0 Å². The van der Waals surface area contributed by atoms with Crippen molar-refractivity contribution in [1.29, 1.82) is 0 Å². The molecule has 1 heterocycles. The average molecular weight is 181 g/mol. The maximum atomic E-state index is 5.54. The van der Waals surface area contributed by atoms with Gasteiger partial charge in [0.2, 0.25) is 0 Å². The van der Waals surface area contributed by atoms with E-state index < -0.39 is 0 Å². The van der Waals surface area contributed by atoms with Gasteiger partial charge in [-0.3, -0.25) is 0 Å². The van der Waals surface area contributed by atoms with Crippen molar-refractivity contribution in [3.63, 3.8) is 0 Å². The van der Waals surface area contributed by atoms with Crippen LogP contribution in [0.4, 0.5) is 5.82 Å². The Hall–Kier alpha value is -1.16. The number of thiocarbonyl (C=S) groups is 1. The normalized spacial score (nSPS) is 9.50. The van der Waals surface area contributed by atoms with Crippen molar-refractivity contribution >= 4 is 23.0 Å². The summed E-state index contributed by atoms with van der Waals surface area (Å²) in [5, 5.41) is 2.94. The number of nitrogens with zero attached hydrogens (tertiary/aromatic N) is 1. The zero-order valence-corrected chi connectivity index (χ0v) is 7.90. The number of aromatic nitrogens is 1. The highest BCUT2D eigenvalue weighted by Crippen LogP contribution is 2.15. The van der Waals surface area contributed by atoms with Crippen LogP contribution in [0.3, 0.4) is 0 Å². The SMILES string of the molecule is CNc1nccc(C)c1C(N)=S. The summed E-state index contributed by atoms with van der Waals surface area (Å²) in [5.41, 5.74) is 7.41. The lowest BCUT2D eigenvalue weighted by Gasteiger charge is -2.08. The van der Waals surface area contributed by atoms with Gasteiger partial charge < -0.3 is 11.1 Å². The molecule has 0 unspecified atom stereocenters. The molecule has 1 aromatic heterocycles. The number of anilines is 1. The predicted molar refractivity (Wildman–Crippen MR) is 54.4 cm³/mol. The first kappa shape index (κ1) is 8.93. The molecule has 0 radical (unpaired) electrons. The van der Waals surface area contributed by atoms with Crippen molar-refractivity contribution < 1.29 is 0 Å². The molecule has 0 aromatic carbocycles. The summed E-state index contributed by atoms with van der Waals surface area (Å²) in [6.45, 7) is 1.96. The smallest absolute Gasteiger partial charge is 0.136 e. The van der Waals surface area contributed by atoms with Crippen LogP contribution in [0.25, 0.3) is 0 Å². The zero-order valence-electron chi connectivity index (χ0n) is 7.09. The Morgan fingerprint density at radius 1 is 1.67 bits per heavy atom. The first-order chi connectivity index (χ1) is 5.66. The summed E-state index contributed by atoms with van der Waals surface area (Å²) in [7, 11) is 1.80. The molecule has 1 aromatic rings. The summed E-state index contributed by atoms with van der Waals surface area (Å²) >= 11 is 4.90. The third-order valence-electron chi connectivity index (χ3n) is 1.64. The van der Waals surface area contributed by atoms with Crippen LogP contribution in [0.15, 0.2) is 12.3 Å². The molecule has 0 bridgehead atoms. The van der Waals surface area contributed by atoms with E-state index in [-0.39, 0.29) is 0 Å². The van der Waals surface area contributed by atoms with Gasteiger partial charge in [-0.1, -0.05) is 12.2 Å². The maximum absolute atomic E-state index is 5.54. The van der Waals surface area contributed by atoms with Gasteiger partial charge in [-0.15, -0.1) is 0 Å². The van der Waals surface area contributed by atoms with Crippen molar-refractivity contribution in [3.05, 3.63) is 23.4 Å². The fourth-order valence-corrected chi connectivity index (χ4v) is 1.32. The van der Waals surface area contributed by atoms with Gasteiger partial charge in [0.15, 0.2) is 0 Å². The van der Waals surface area contributed by atoms with Crippen LogP contribution in [0.5, 0.6) is 0 Å². The molecule has 3 N–H and O–H groups in total. The highest BCUT2D eigenvalue weighted by atomic mass is 32.1. The number of nitrogens with one attached hydrogen (secondary N) is 1. The second-order valence-electron chi connectivity index (χ2n) is 2.47. The lowest BCUT2D eigenvalue weighted by Crippen LogP contribution is -2.14. The third-order valence-corrected chi connectivity index (χ3v) is 1.85. The number of rotatable bonds is 2. The second-order valence-corrected chi connectivity index (χ2v) is 2.91. The second kappa shape index (κ2) is 3.49. The Labute approximate surface area is 77.0 Å². The third kappa shape index (κ3) is 1.53. The minimum absolute atomic E-state index is 0.380.